The van der Waals surface area contributed by atoms with Crippen LogP contribution in [0.25, 0.3) is 0 Å². The minimum atomic E-state index is 0.481. The quantitative estimate of drug-likeness (QED) is 0.851. The molecule has 3 atom stereocenters. The van der Waals surface area contributed by atoms with Gasteiger partial charge in [-0.05, 0) is 55.4 Å². The van der Waals surface area contributed by atoms with Gasteiger partial charge in [0, 0.05) is 36.2 Å². The molecule has 2 aromatic rings. The van der Waals surface area contributed by atoms with Crippen LogP contribution in [-0.2, 0) is 6.42 Å². The highest BCUT2D eigenvalue weighted by Gasteiger charge is 2.32. The molecule has 1 fully saturated rings. The first-order valence-corrected chi connectivity index (χ1v) is 7.93. The number of benzene rings is 1. The summed E-state index contributed by atoms with van der Waals surface area (Å²) in [4.78, 5) is 4.20. The molecule has 0 aliphatic heterocycles. The summed E-state index contributed by atoms with van der Waals surface area (Å²) < 4.78 is 2.27. The molecule has 0 bridgehead atoms. The van der Waals surface area contributed by atoms with Crippen LogP contribution in [0.4, 0.5) is 5.69 Å². The lowest BCUT2D eigenvalue weighted by Crippen LogP contribution is -2.35. The zero-order valence-electron chi connectivity index (χ0n) is 12.2. The van der Waals surface area contributed by atoms with Crippen molar-refractivity contribution < 1.29 is 0 Å². The molecule has 1 saturated carbocycles. The molecular formula is C17H22N4. The number of aryl methyl sites for hydroxylation is 1. The van der Waals surface area contributed by atoms with E-state index in [2.05, 4.69) is 33.2 Å². The molecule has 3 unspecified atom stereocenters. The molecule has 21 heavy (non-hydrogen) atoms. The molecule has 4 rings (SSSR count). The van der Waals surface area contributed by atoms with Crippen molar-refractivity contribution in [2.24, 2.45) is 0 Å². The maximum atomic E-state index is 5.90. The standard InChI is InChI=1S/C17H22N4/c18-13-5-6-14-12(10-13)4-7-15(14)20-16-2-1-3-17(16)21-9-8-19-11-21/h5-6,8-11,15-17,20H,1-4,7,18H2. The van der Waals surface area contributed by atoms with Gasteiger partial charge in [-0.15, -0.1) is 0 Å². The fraction of sp³-hybridized carbons (Fsp3) is 0.471. The highest BCUT2D eigenvalue weighted by Crippen LogP contribution is 2.36. The molecule has 1 aromatic heterocycles. The number of anilines is 1. The lowest BCUT2D eigenvalue weighted by Gasteiger charge is -2.26. The van der Waals surface area contributed by atoms with E-state index in [1.807, 2.05) is 18.6 Å². The number of nitrogens with zero attached hydrogens (tertiary/aromatic N) is 2. The third-order valence-electron chi connectivity index (χ3n) is 5.05. The first-order valence-electron chi connectivity index (χ1n) is 7.93. The second-order valence-electron chi connectivity index (χ2n) is 6.33. The number of aromatic nitrogens is 2. The van der Waals surface area contributed by atoms with Gasteiger partial charge in [0.15, 0.2) is 0 Å². The first kappa shape index (κ1) is 12.9. The summed E-state index contributed by atoms with van der Waals surface area (Å²) in [6.45, 7) is 0. The van der Waals surface area contributed by atoms with E-state index in [1.54, 1.807) is 0 Å². The summed E-state index contributed by atoms with van der Waals surface area (Å²) >= 11 is 0. The summed E-state index contributed by atoms with van der Waals surface area (Å²) in [5.41, 5.74) is 9.64. The minimum absolute atomic E-state index is 0.481. The molecule has 1 heterocycles. The van der Waals surface area contributed by atoms with Gasteiger partial charge < -0.3 is 15.6 Å². The van der Waals surface area contributed by atoms with Crippen LogP contribution in [0.3, 0.4) is 0 Å². The average molecular weight is 282 g/mol. The number of nitrogen functional groups attached to an aromatic ring is 1. The number of rotatable bonds is 3. The van der Waals surface area contributed by atoms with Crippen molar-refractivity contribution in [2.75, 3.05) is 5.73 Å². The lowest BCUT2D eigenvalue weighted by molar-refractivity contribution is 0.352. The summed E-state index contributed by atoms with van der Waals surface area (Å²) in [5.74, 6) is 0. The van der Waals surface area contributed by atoms with Crippen molar-refractivity contribution in [1.82, 2.24) is 14.9 Å². The first-order chi connectivity index (χ1) is 10.3. The smallest absolute Gasteiger partial charge is 0.0949 e. The van der Waals surface area contributed by atoms with Crippen molar-refractivity contribution in [2.45, 2.75) is 50.2 Å². The predicted molar refractivity (Wildman–Crippen MR) is 84.0 cm³/mol. The fourth-order valence-corrected chi connectivity index (χ4v) is 4.03. The van der Waals surface area contributed by atoms with Crippen molar-refractivity contribution in [3.63, 3.8) is 0 Å². The second-order valence-corrected chi connectivity index (χ2v) is 6.33. The number of fused-ring (bicyclic) bond motifs is 1. The number of nitrogens with two attached hydrogens (primary N) is 1. The summed E-state index contributed by atoms with van der Waals surface area (Å²) in [6, 6.07) is 7.95. The SMILES string of the molecule is Nc1ccc2c(c1)CCC2NC1CCCC1n1ccnc1. The van der Waals surface area contributed by atoms with Crippen LogP contribution >= 0.6 is 0 Å². The van der Waals surface area contributed by atoms with Crippen LogP contribution in [0.2, 0.25) is 0 Å². The van der Waals surface area contributed by atoms with E-state index in [-0.39, 0.29) is 0 Å². The molecular weight excluding hydrogens is 260 g/mol. The molecule has 0 radical (unpaired) electrons. The van der Waals surface area contributed by atoms with Crippen LogP contribution in [-0.4, -0.2) is 15.6 Å². The largest absolute Gasteiger partial charge is 0.399 e. The molecule has 3 N–H and O–H groups in total. The summed E-state index contributed by atoms with van der Waals surface area (Å²) in [6.07, 6.45) is 12.0. The van der Waals surface area contributed by atoms with Gasteiger partial charge in [0.2, 0.25) is 0 Å². The summed E-state index contributed by atoms with van der Waals surface area (Å²) in [7, 11) is 0. The average Bonchev–Trinajstić information content (AvgIpc) is 3.19. The van der Waals surface area contributed by atoms with Crippen LogP contribution in [0, 0.1) is 0 Å². The lowest BCUT2D eigenvalue weighted by atomic mass is 10.0. The topological polar surface area (TPSA) is 55.9 Å². The molecule has 1 aromatic carbocycles. The van der Waals surface area contributed by atoms with E-state index in [1.165, 1.54) is 36.8 Å². The van der Waals surface area contributed by atoms with Crippen molar-refractivity contribution >= 4 is 5.69 Å². The van der Waals surface area contributed by atoms with Gasteiger partial charge in [0.25, 0.3) is 0 Å². The van der Waals surface area contributed by atoms with E-state index >= 15 is 0 Å². The number of nitrogens with one attached hydrogen (secondary N) is 1. The number of hydrogen-bond acceptors (Lipinski definition) is 3. The van der Waals surface area contributed by atoms with Gasteiger partial charge in [-0.2, -0.15) is 0 Å². The Morgan fingerprint density at radius 2 is 2.19 bits per heavy atom. The fourth-order valence-electron chi connectivity index (χ4n) is 4.03. The predicted octanol–water partition coefficient (Wildman–Crippen LogP) is 2.84. The molecule has 110 valence electrons. The van der Waals surface area contributed by atoms with E-state index in [4.69, 9.17) is 5.73 Å². The summed E-state index contributed by atoms with van der Waals surface area (Å²) in [5, 5.41) is 3.90. The van der Waals surface area contributed by atoms with E-state index in [9.17, 15) is 0 Å². The van der Waals surface area contributed by atoms with E-state index < -0.39 is 0 Å². The Kier molecular flexibility index (Phi) is 3.19. The molecule has 4 nitrogen and oxygen atoms in total. The van der Waals surface area contributed by atoms with Gasteiger partial charge in [-0.25, -0.2) is 4.98 Å². The zero-order chi connectivity index (χ0) is 14.2. The van der Waals surface area contributed by atoms with Crippen LogP contribution < -0.4 is 11.1 Å². The minimum Gasteiger partial charge on any atom is -0.399 e. The number of imidazole rings is 1. The Labute approximate surface area is 125 Å². The number of hydrogen-bond donors (Lipinski definition) is 2. The van der Waals surface area contributed by atoms with Crippen LogP contribution in [0.15, 0.2) is 36.9 Å². The Bertz CT molecular complexity index is 620. The van der Waals surface area contributed by atoms with Gasteiger partial charge in [-0.3, -0.25) is 0 Å². The second kappa shape index (κ2) is 5.19. The molecule has 0 spiro atoms. The zero-order valence-corrected chi connectivity index (χ0v) is 12.2. The van der Waals surface area contributed by atoms with E-state index in [0.717, 1.165) is 12.1 Å². The maximum Gasteiger partial charge on any atom is 0.0949 e. The molecule has 2 aliphatic carbocycles. The molecule has 0 saturated heterocycles. The third-order valence-corrected chi connectivity index (χ3v) is 5.05. The Morgan fingerprint density at radius 1 is 1.24 bits per heavy atom. The van der Waals surface area contributed by atoms with Gasteiger partial charge in [-0.1, -0.05) is 6.07 Å². The molecule has 0 amide bonds. The molecule has 2 aliphatic rings. The van der Waals surface area contributed by atoms with Crippen molar-refractivity contribution in [1.29, 1.82) is 0 Å². The Balaban J connectivity index is 1.52. The van der Waals surface area contributed by atoms with Gasteiger partial charge in [0.05, 0.1) is 6.33 Å². The van der Waals surface area contributed by atoms with Gasteiger partial charge in [0.1, 0.15) is 0 Å². The maximum absolute atomic E-state index is 5.90. The monoisotopic (exact) mass is 282 g/mol. The third kappa shape index (κ3) is 2.33. The van der Waals surface area contributed by atoms with Gasteiger partial charge >= 0.3 is 0 Å². The van der Waals surface area contributed by atoms with Crippen molar-refractivity contribution in [3.8, 4) is 0 Å². The Hall–Kier alpha value is -1.81. The van der Waals surface area contributed by atoms with Crippen LogP contribution in [0.1, 0.15) is 48.9 Å². The van der Waals surface area contributed by atoms with E-state index in [0.29, 0.717) is 18.1 Å². The normalized spacial score (nSPS) is 27.9. The van der Waals surface area contributed by atoms with Crippen molar-refractivity contribution in [3.05, 3.63) is 48.0 Å². The highest BCUT2D eigenvalue weighted by atomic mass is 15.1. The highest BCUT2D eigenvalue weighted by molar-refractivity contribution is 5.47. The molecule has 4 heteroatoms. The van der Waals surface area contributed by atoms with Crippen LogP contribution in [0.5, 0.6) is 0 Å². The Morgan fingerprint density at radius 3 is 3.05 bits per heavy atom.